The van der Waals surface area contributed by atoms with Crippen molar-refractivity contribution in [3.05, 3.63) is 23.8 Å². The van der Waals surface area contributed by atoms with E-state index in [1.165, 1.54) is 17.5 Å². The molecular formula is C45H70N2O10S. The van der Waals surface area contributed by atoms with Crippen molar-refractivity contribution in [3.8, 4) is 0 Å². The van der Waals surface area contributed by atoms with Gasteiger partial charge in [0.2, 0.25) is 5.79 Å². The van der Waals surface area contributed by atoms with E-state index in [-0.39, 0.29) is 35.2 Å². The van der Waals surface area contributed by atoms with Crippen LogP contribution in [-0.2, 0) is 28.5 Å². The molecule has 0 saturated carbocycles. The van der Waals surface area contributed by atoms with Gasteiger partial charge in [0, 0.05) is 67.2 Å². The second-order valence-corrected chi connectivity index (χ2v) is 21.2. The summed E-state index contributed by atoms with van der Waals surface area (Å²) in [6.45, 7) is 13.9. The Labute approximate surface area is 349 Å². The van der Waals surface area contributed by atoms with Crippen molar-refractivity contribution in [1.29, 1.82) is 0 Å². The van der Waals surface area contributed by atoms with Crippen LogP contribution in [0.15, 0.2) is 28.8 Å². The summed E-state index contributed by atoms with van der Waals surface area (Å²) >= 11 is 1.35. The van der Waals surface area contributed by atoms with Crippen molar-refractivity contribution in [3.63, 3.8) is 0 Å². The van der Waals surface area contributed by atoms with Gasteiger partial charge in [0.05, 0.1) is 30.5 Å². The first-order valence-electron chi connectivity index (χ1n) is 22.4. The first kappa shape index (κ1) is 43.3. The van der Waals surface area contributed by atoms with Crippen molar-refractivity contribution in [2.24, 2.45) is 39.8 Å². The van der Waals surface area contributed by atoms with Crippen LogP contribution >= 0.6 is 11.8 Å². The third-order valence-corrected chi connectivity index (χ3v) is 16.9. The first-order valence-corrected chi connectivity index (χ1v) is 23.6. The van der Waals surface area contributed by atoms with E-state index < -0.39 is 59.4 Å². The van der Waals surface area contributed by atoms with Gasteiger partial charge in [-0.1, -0.05) is 39.0 Å². The van der Waals surface area contributed by atoms with Gasteiger partial charge < -0.3 is 49.8 Å². The van der Waals surface area contributed by atoms with Gasteiger partial charge in [-0.25, -0.2) is 0 Å². The molecule has 12 nitrogen and oxygen atoms in total. The standard InChI is InChI=1S/C45H70N2O10S/c1-26-8-6-10-36-42(20-27(2)29(4)23-47-36)15-11-30(35(48)25-58-24-34(46)40(50)51)19-33(42)38-39-37(49)28(3)21-44(55-38,56-39)22-32-9-7-13-43(53-32)16-17-45(57-43)41(5,52)14-12-31(18-26)54-45/h19,27-29,31-35,37-39,48-49,52H,1,6-18,20-25,46H2,2-5H3,(H,50,51)/t27-,28+,29-,31-,32+,33+,34+,35-,37+,38-,39+,41+,42+,43+,44+,45+/m0/s1. The normalized spacial score (nSPS) is 48.1. The Hall–Kier alpha value is -1.39. The number of fused-ring (bicyclic) bond motifs is 6. The van der Waals surface area contributed by atoms with Crippen LogP contribution in [0.1, 0.15) is 130 Å². The molecule has 7 heterocycles. The molecule has 0 radical (unpaired) electrons. The molecule has 6 N–H and O–H groups in total. The number of carboxylic acids is 1. The number of aliphatic hydroxyl groups excluding tert-OH is 2. The minimum absolute atomic E-state index is 0.0801. The number of aliphatic hydroxyl groups is 3. The van der Waals surface area contributed by atoms with E-state index in [1.807, 2.05) is 6.92 Å². The summed E-state index contributed by atoms with van der Waals surface area (Å²) < 4.78 is 35.2. The van der Waals surface area contributed by atoms with Gasteiger partial charge in [-0.3, -0.25) is 9.79 Å². The molecule has 1 aliphatic carbocycles. The van der Waals surface area contributed by atoms with Crippen LogP contribution in [0.3, 0.4) is 0 Å². The number of carbonyl (C=O) groups is 1. The molecule has 7 bridgehead atoms. The minimum Gasteiger partial charge on any atom is -0.480 e. The van der Waals surface area contributed by atoms with E-state index in [2.05, 4.69) is 33.4 Å². The summed E-state index contributed by atoms with van der Waals surface area (Å²) in [6.07, 6.45) is 10.8. The second-order valence-electron chi connectivity index (χ2n) is 20.1. The number of thioether (sulfide) groups is 1. The lowest BCUT2D eigenvalue weighted by Crippen LogP contribution is -2.60. The Morgan fingerprint density at radius 3 is 2.50 bits per heavy atom. The quantitative estimate of drug-likeness (QED) is 0.196. The Morgan fingerprint density at radius 1 is 0.914 bits per heavy atom. The zero-order valence-corrected chi connectivity index (χ0v) is 36.1. The molecule has 58 heavy (non-hydrogen) atoms. The van der Waals surface area contributed by atoms with Crippen molar-refractivity contribution < 1.29 is 48.9 Å². The van der Waals surface area contributed by atoms with E-state index in [1.54, 1.807) is 0 Å². The molecule has 0 amide bonds. The van der Waals surface area contributed by atoms with Crippen LogP contribution < -0.4 is 5.73 Å². The number of nitrogens with zero attached hydrogens (tertiary/aromatic N) is 1. The Morgan fingerprint density at radius 2 is 1.71 bits per heavy atom. The van der Waals surface area contributed by atoms with Crippen LogP contribution in [0.4, 0.5) is 0 Å². The SMILES string of the molecule is C=C1CCCC2=NC[C@H](C)[C@@H](C)C[C@@]23CCC([C@@H](O)CSC[C@@H](N)C(=O)O)=C[C@@H]3[C@@H]2O[C@]3(C[C@H]4CCC[C@@]5(CC[C@@]6(O[C@@H](CC[C@@]6(C)O)C1)O5)O4)C[C@@H](C)[C@@H](O)[C@H]2O3. The third kappa shape index (κ3) is 8.05. The molecule has 326 valence electrons. The molecule has 4 spiro atoms. The fourth-order valence-electron chi connectivity index (χ4n) is 12.1. The third-order valence-electron chi connectivity index (χ3n) is 15.7. The lowest BCUT2D eigenvalue weighted by molar-refractivity contribution is -0.403. The minimum atomic E-state index is -1.16. The highest BCUT2D eigenvalue weighted by molar-refractivity contribution is 7.99. The maximum Gasteiger partial charge on any atom is 0.321 e. The molecule has 6 fully saturated rings. The molecule has 0 aromatic rings. The van der Waals surface area contributed by atoms with Gasteiger partial charge in [0.15, 0.2) is 11.6 Å². The summed E-state index contributed by atoms with van der Waals surface area (Å²) in [7, 11) is 0. The molecule has 16 atom stereocenters. The number of hydrogen-bond acceptors (Lipinski definition) is 12. The zero-order chi connectivity index (χ0) is 41.3. The van der Waals surface area contributed by atoms with Crippen molar-refractivity contribution in [1.82, 2.24) is 0 Å². The molecular weight excluding hydrogens is 761 g/mol. The van der Waals surface area contributed by atoms with Gasteiger partial charge in [-0.2, -0.15) is 11.8 Å². The van der Waals surface area contributed by atoms with E-state index in [9.17, 15) is 25.2 Å². The van der Waals surface area contributed by atoms with E-state index >= 15 is 0 Å². The van der Waals surface area contributed by atoms with Crippen molar-refractivity contribution in [2.75, 3.05) is 18.1 Å². The fourth-order valence-corrected chi connectivity index (χ4v) is 13.1. The predicted octanol–water partition coefficient (Wildman–Crippen LogP) is 6.04. The maximum absolute atomic E-state index is 12.0. The number of ether oxygens (including phenoxy) is 5. The maximum atomic E-state index is 12.0. The topological polar surface area (TPSA) is 183 Å². The van der Waals surface area contributed by atoms with Crippen LogP contribution in [-0.4, -0.2) is 116 Å². The highest BCUT2D eigenvalue weighted by atomic mass is 32.2. The summed E-state index contributed by atoms with van der Waals surface area (Å²) in [6, 6.07) is -0.995. The average Bonchev–Trinajstić information content (AvgIpc) is 3.65. The Kier molecular flexibility index (Phi) is 12.2. The number of nitrogens with two attached hydrogens (primary N) is 1. The molecule has 6 saturated heterocycles. The molecule has 8 aliphatic rings. The van der Waals surface area contributed by atoms with Gasteiger partial charge in [0.1, 0.15) is 17.7 Å². The number of carboxylic acid groups (broad SMARTS) is 1. The number of hydrogen-bond donors (Lipinski definition) is 5. The largest absolute Gasteiger partial charge is 0.480 e. The summed E-state index contributed by atoms with van der Waals surface area (Å²) in [5.74, 6) is -3.07. The lowest BCUT2D eigenvalue weighted by atomic mass is 9.57. The van der Waals surface area contributed by atoms with Crippen LogP contribution in [0.25, 0.3) is 0 Å². The highest BCUT2D eigenvalue weighted by Crippen LogP contribution is 2.59. The van der Waals surface area contributed by atoms with Gasteiger partial charge in [0.25, 0.3) is 0 Å². The van der Waals surface area contributed by atoms with Crippen molar-refractivity contribution in [2.45, 2.75) is 196 Å². The van der Waals surface area contributed by atoms with Crippen LogP contribution in [0, 0.1) is 29.1 Å². The van der Waals surface area contributed by atoms with Gasteiger partial charge in [-0.05, 0) is 101 Å². The smallest absolute Gasteiger partial charge is 0.321 e. The van der Waals surface area contributed by atoms with Crippen LogP contribution in [0.2, 0.25) is 0 Å². The molecule has 0 unspecified atom stereocenters. The van der Waals surface area contributed by atoms with Gasteiger partial charge >= 0.3 is 5.97 Å². The van der Waals surface area contributed by atoms with Crippen LogP contribution in [0.5, 0.6) is 0 Å². The number of aliphatic imine (C=N–C) groups is 1. The first-order chi connectivity index (χ1) is 27.5. The number of aliphatic carboxylic acids is 1. The second kappa shape index (κ2) is 16.4. The molecule has 0 aromatic heterocycles. The Balaban J connectivity index is 1.18. The predicted molar refractivity (Wildman–Crippen MR) is 221 cm³/mol. The average molecular weight is 831 g/mol. The number of rotatable bonds is 6. The fraction of sp³-hybridized carbons (Fsp3) is 0.867. The highest BCUT2D eigenvalue weighted by Gasteiger charge is 2.66. The Bertz CT molecular complexity index is 1620. The molecule has 13 heteroatoms. The summed E-state index contributed by atoms with van der Waals surface area (Å²) in [4.78, 5) is 16.9. The zero-order valence-electron chi connectivity index (χ0n) is 35.2. The van der Waals surface area contributed by atoms with Gasteiger partial charge in [-0.15, -0.1) is 0 Å². The lowest BCUT2D eigenvalue weighted by Gasteiger charge is -2.50. The molecule has 8 rings (SSSR count). The van der Waals surface area contributed by atoms with E-state index in [0.717, 1.165) is 75.5 Å². The summed E-state index contributed by atoms with van der Waals surface area (Å²) in [5, 5.41) is 44.8. The monoisotopic (exact) mass is 830 g/mol. The molecule has 0 aromatic carbocycles. The van der Waals surface area contributed by atoms with Crippen molar-refractivity contribution >= 4 is 23.4 Å². The van der Waals surface area contributed by atoms with E-state index in [0.29, 0.717) is 62.5 Å². The summed E-state index contributed by atoms with van der Waals surface area (Å²) in [5.41, 5.74) is 7.50. The van der Waals surface area contributed by atoms with E-state index in [4.69, 9.17) is 34.4 Å². The molecule has 7 aliphatic heterocycles.